The maximum absolute atomic E-state index is 15.2. The number of hydrogen-bond acceptors (Lipinski definition) is 7. The molecule has 1 unspecified atom stereocenters. The van der Waals surface area contributed by atoms with Gasteiger partial charge in [0.1, 0.15) is 29.7 Å². The van der Waals surface area contributed by atoms with Crippen LogP contribution in [0.15, 0.2) is 54.7 Å². The summed E-state index contributed by atoms with van der Waals surface area (Å²) >= 11 is 0. The Balaban J connectivity index is 1.39. The highest BCUT2D eigenvalue weighted by atomic mass is 19.1. The number of halogens is 3. The summed E-state index contributed by atoms with van der Waals surface area (Å²) in [5.41, 5.74) is -0.327. The number of likely N-dealkylation sites (tertiary alicyclic amines) is 2. The number of aromatic nitrogens is 2. The lowest BCUT2D eigenvalue weighted by Crippen LogP contribution is -2.61. The standard InChI is InChI=1S/C35H39F3N6O5/c1-35(2,15-27(45)39-12-13-43-28(46)10-11-29(43)47)32(44-18-23-25(38)16-40-30(23)31(48)34(44)49)33-41-26(22-14-21(36)8-9-24(22)37)19-42(33)17-20-6-4-3-5-7-20/h3-9,14,19,23,25,30-32,40,48H,10-13,15-18H2,1-2H3,(H,39,45)/t23-,25-,30?,31-,32-/m0/s1. The Morgan fingerprint density at radius 3 is 2.53 bits per heavy atom. The van der Waals surface area contributed by atoms with E-state index in [-0.39, 0.29) is 80.9 Å². The van der Waals surface area contributed by atoms with Crippen LogP contribution in [0.2, 0.25) is 0 Å². The predicted octanol–water partition coefficient (Wildman–Crippen LogP) is 2.73. The van der Waals surface area contributed by atoms with E-state index < -0.39 is 59.1 Å². The molecule has 5 atom stereocenters. The molecule has 3 fully saturated rings. The number of carbonyl (C=O) groups excluding carboxylic acids is 4. The van der Waals surface area contributed by atoms with Crippen molar-refractivity contribution in [2.45, 2.75) is 64.0 Å². The van der Waals surface area contributed by atoms with Crippen molar-refractivity contribution in [2.75, 3.05) is 26.2 Å². The van der Waals surface area contributed by atoms with Crippen LogP contribution in [0, 0.1) is 23.0 Å². The van der Waals surface area contributed by atoms with E-state index in [1.54, 1.807) is 24.6 Å². The fourth-order valence-corrected chi connectivity index (χ4v) is 7.27. The van der Waals surface area contributed by atoms with Crippen molar-refractivity contribution < 1.29 is 37.5 Å². The second-order valence-electron chi connectivity index (χ2n) is 13.6. The van der Waals surface area contributed by atoms with E-state index in [1.807, 2.05) is 30.3 Å². The summed E-state index contributed by atoms with van der Waals surface area (Å²) in [6.07, 6.45) is -1.29. The number of benzene rings is 2. The summed E-state index contributed by atoms with van der Waals surface area (Å²) in [6.45, 7) is 3.59. The van der Waals surface area contributed by atoms with Crippen molar-refractivity contribution >= 4 is 23.6 Å². The van der Waals surface area contributed by atoms with Gasteiger partial charge in [-0.2, -0.15) is 0 Å². The Morgan fingerprint density at radius 2 is 1.82 bits per heavy atom. The number of rotatable bonds is 11. The van der Waals surface area contributed by atoms with Gasteiger partial charge in [-0.1, -0.05) is 44.2 Å². The van der Waals surface area contributed by atoms with Crippen LogP contribution in [0.4, 0.5) is 13.2 Å². The molecular formula is C35H39F3N6O5. The predicted molar refractivity (Wildman–Crippen MR) is 171 cm³/mol. The fraction of sp³-hybridized carbons (Fsp3) is 0.457. The summed E-state index contributed by atoms with van der Waals surface area (Å²) in [5.74, 6) is -3.63. The number of aliphatic hydroxyl groups is 1. The van der Waals surface area contributed by atoms with Crippen LogP contribution in [0.5, 0.6) is 0 Å². The Bertz CT molecular complexity index is 1730. The van der Waals surface area contributed by atoms with Gasteiger partial charge in [-0.3, -0.25) is 24.1 Å². The first kappa shape index (κ1) is 34.3. The first-order chi connectivity index (χ1) is 23.3. The third-order valence-corrected chi connectivity index (χ3v) is 9.69. The van der Waals surface area contributed by atoms with Crippen molar-refractivity contribution in [3.63, 3.8) is 0 Å². The molecule has 14 heteroatoms. The van der Waals surface area contributed by atoms with Gasteiger partial charge in [0, 0.05) is 81.1 Å². The Morgan fingerprint density at radius 1 is 1.10 bits per heavy atom. The Labute approximate surface area is 281 Å². The maximum atomic E-state index is 15.2. The molecule has 4 amide bonds. The van der Waals surface area contributed by atoms with Gasteiger partial charge in [0.05, 0.1) is 11.7 Å². The SMILES string of the molecule is CC(C)(CC(=O)NCCN1C(=O)CCC1=O)[C@H](c1nc(-c2cc(F)ccc2F)cn1Cc1ccccc1)N1C[C@@H]2C(NC[C@@H]2F)[C@H](O)C1=O. The van der Waals surface area contributed by atoms with Gasteiger partial charge in [0.15, 0.2) is 0 Å². The van der Waals surface area contributed by atoms with Crippen molar-refractivity contribution in [2.24, 2.45) is 11.3 Å². The molecule has 3 aliphatic heterocycles. The molecule has 1 aromatic heterocycles. The molecular weight excluding hydrogens is 641 g/mol. The van der Waals surface area contributed by atoms with E-state index in [1.165, 1.54) is 4.90 Å². The van der Waals surface area contributed by atoms with Gasteiger partial charge >= 0.3 is 0 Å². The largest absolute Gasteiger partial charge is 0.382 e. The molecule has 4 heterocycles. The first-order valence-electron chi connectivity index (χ1n) is 16.4. The molecule has 0 spiro atoms. The van der Waals surface area contributed by atoms with Crippen LogP contribution in [-0.2, 0) is 25.7 Å². The van der Waals surface area contributed by atoms with Crippen LogP contribution in [0.25, 0.3) is 11.3 Å². The Hall–Kier alpha value is -4.56. The molecule has 49 heavy (non-hydrogen) atoms. The zero-order chi connectivity index (χ0) is 35.0. The fourth-order valence-electron chi connectivity index (χ4n) is 7.27. The van der Waals surface area contributed by atoms with E-state index in [2.05, 4.69) is 10.6 Å². The maximum Gasteiger partial charge on any atom is 0.253 e. The second-order valence-corrected chi connectivity index (χ2v) is 13.6. The number of piperidine rings is 1. The highest BCUT2D eigenvalue weighted by molar-refractivity contribution is 6.01. The number of imidazole rings is 1. The zero-order valence-corrected chi connectivity index (χ0v) is 27.2. The number of hydrogen-bond donors (Lipinski definition) is 3. The lowest BCUT2D eigenvalue weighted by Gasteiger charge is -2.47. The molecule has 0 radical (unpaired) electrons. The smallest absolute Gasteiger partial charge is 0.253 e. The van der Waals surface area contributed by atoms with Gasteiger partial charge in [-0.15, -0.1) is 0 Å². The summed E-state index contributed by atoms with van der Waals surface area (Å²) < 4.78 is 46.3. The number of fused-ring (bicyclic) bond motifs is 1. The van der Waals surface area contributed by atoms with Gasteiger partial charge in [-0.05, 0) is 23.8 Å². The average molecular weight is 681 g/mol. The van der Waals surface area contributed by atoms with Crippen molar-refractivity contribution in [1.82, 2.24) is 30.0 Å². The summed E-state index contributed by atoms with van der Waals surface area (Å²) in [4.78, 5) is 58.7. The van der Waals surface area contributed by atoms with Crippen LogP contribution in [-0.4, -0.2) is 92.6 Å². The van der Waals surface area contributed by atoms with Gasteiger partial charge in [-0.25, -0.2) is 18.2 Å². The van der Waals surface area contributed by atoms with E-state index in [0.29, 0.717) is 0 Å². The molecule has 0 aliphatic carbocycles. The highest BCUT2D eigenvalue weighted by Crippen LogP contribution is 2.45. The van der Waals surface area contributed by atoms with E-state index in [9.17, 15) is 28.7 Å². The number of alkyl halides is 1. The molecule has 6 rings (SSSR count). The topological polar surface area (TPSA) is 137 Å². The molecule has 0 saturated carbocycles. The molecule has 2 aromatic carbocycles. The number of nitrogens with zero attached hydrogens (tertiary/aromatic N) is 4. The minimum absolute atomic E-state index is 0.0159. The van der Waals surface area contributed by atoms with Crippen LogP contribution < -0.4 is 10.6 Å². The van der Waals surface area contributed by atoms with Crippen LogP contribution in [0.3, 0.4) is 0 Å². The van der Waals surface area contributed by atoms with Crippen LogP contribution >= 0.6 is 0 Å². The third kappa shape index (κ3) is 6.97. The van der Waals surface area contributed by atoms with Gasteiger partial charge in [0.25, 0.3) is 5.91 Å². The van der Waals surface area contributed by atoms with E-state index >= 15 is 8.78 Å². The van der Waals surface area contributed by atoms with Gasteiger partial charge < -0.3 is 25.2 Å². The quantitative estimate of drug-likeness (QED) is 0.265. The third-order valence-electron chi connectivity index (χ3n) is 9.69. The number of amides is 4. The van der Waals surface area contributed by atoms with Crippen molar-refractivity contribution in [3.8, 4) is 11.3 Å². The number of carbonyl (C=O) groups is 4. The molecule has 3 N–H and O–H groups in total. The molecule has 3 aromatic rings. The number of aliphatic hydroxyl groups excluding tert-OH is 1. The Kier molecular flexibility index (Phi) is 9.63. The normalized spacial score (nSPS) is 23.3. The molecule has 0 bridgehead atoms. The van der Waals surface area contributed by atoms with Crippen molar-refractivity contribution in [3.05, 3.63) is 77.8 Å². The summed E-state index contributed by atoms with van der Waals surface area (Å²) in [5, 5.41) is 16.8. The zero-order valence-electron chi connectivity index (χ0n) is 27.2. The van der Waals surface area contributed by atoms with Gasteiger partial charge in [0.2, 0.25) is 17.7 Å². The lowest BCUT2D eigenvalue weighted by molar-refractivity contribution is -0.156. The highest BCUT2D eigenvalue weighted by Gasteiger charge is 2.53. The van der Waals surface area contributed by atoms with E-state index in [0.717, 1.165) is 28.7 Å². The summed E-state index contributed by atoms with van der Waals surface area (Å²) in [7, 11) is 0. The van der Waals surface area contributed by atoms with E-state index in [4.69, 9.17) is 4.98 Å². The monoisotopic (exact) mass is 680 g/mol. The minimum Gasteiger partial charge on any atom is -0.382 e. The number of nitrogens with one attached hydrogen (secondary N) is 2. The first-order valence-corrected chi connectivity index (χ1v) is 16.4. The molecule has 3 aliphatic rings. The average Bonchev–Trinajstić information content (AvgIpc) is 3.74. The number of imide groups is 1. The van der Waals surface area contributed by atoms with Crippen LogP contribution in [0.1, 0.15) is 50.5 Å². The molecule has 260 valence electrons. The minimum atomic E-state index is -1.57. The van der Waals surface area contributed by atoms with Crippen molar-refractivity contribution in [1.29, 1.82) is 0 Å². The molecule has 3 saturated heterocycles. The second kappa shape index (κ2) is 13.7. The molecule has 11 nitrogen and oxygen atoms in total. The lowest BCUT2D eigenvalue weighted by atomic mass is 9.77. The summed E-state index contributed by atoms with van der Waals surface area (Å²) in [6, 6.07) is 10.4.